The lowest BCUT2D eigenvalue weighted by atomic mass is 10.1. The summed E-state index contributed by atoms with van der Waals surface area (Å²) in [6, 6.07) is 7.69. The van der Waals surface area contributed by atoms with Crippen LogP contribution >= 0.6 is 0 Å². The molecule has 2 N–H and O–H groups in total. The van der Waals surface area contributed by atoms with Crippen LogP contribution in [0.2, 0.25) is 0 Å². The number of hydrogen-bond acceptors (Lipinski definition) is 3. The van der Waals surface area contributed by atoms with Gasteiger partial charge in [-0.15, -0.1) is 0 Å². The molecule has 0 saturated carbocycles. The molecule has 20 heavy (non-hydrogen) atoms. The summed E-state index contributed by atoms with van der Waals surface area (Å²) in [5.41, 5.74) is 7.38. The van der Waals surface area contributed by atoms with Gasteiger partial charge in [0.25, 0.3) is 0 Å². The van der Waals surface area contributed by atoms with Gasteiger partial charge in [0.15, 0.2) is 0 Å². The maximum absolute atomic E-state index is 12.0. The SMILES string of the molecule is CC(C)N(CCOCC(F)(F)F)Cc1ccc(N)cc1. The number of ether oxygens (including phenoxy) is 1. The zero-order chi connectivity index (χ0) is 15.2. The fourth-order valence-electron chi connectivity index (χ4n) is 1.75. The van der Waals surface area contributed by atoms with Crippen LogP contribution in [-0.2, 0) is 11.3 Å². The third-order valence-corrected chi connectivity index (χ3v) is 2.88. The van der Waals surface area contributed by atoms with Crippen LogP contribution in [0.25, 0.3) is 0 Å². The minimum absolute atomic E-state index is 0.0622. The van der Waals surface area contributed by atoms with Crippen molar-refractivity contribution in [3.63, 3.8) is 0 Å². The van der Waals surface area contributed by atoms with E-state index < -0.39 is 12.8 Å². The Hall–Kier alpha value is -1.27. The molecule has 0 unspecified atom stereocenters. The van der Waals surface area contributed by atoms with Crippen molar-refractivity contribution in [1.82, 2.24) is 4.90 Å². The van der Waals surface area contributed by atoms with E-state index in [0.717, 1.165) is 5.56 Å². The standard InChI is InChI=1S/C14H21F3N2O/c1-11(2)19(7-8-20-10-14(15,16)17)9-12-3-5-13(18)6-4-12/h3-6,11H,7-10,18H2,1-2H3. The monoisotopic (exact) mass is 290 g/mol. The molecule has 0 amide bonds. The highest BCUT2D eigenvalue weighted by molar-refractivity contribution is 5.39. The number of benzene rings is 1. The lowest BCUT2D eigenvalue weighted by Crippen LogP contribution is -2.34. The van der Waals surface area contributed by atoms with Gasteiger partial charge in [-0.2, -0.15) is 13.2 Å². The van der Waals surface area contributed by atoms with E-state index in [1.165, 1.54) is 0 Å². The highest BCUT2D eigenvalue weighted by Gasteiger charge is 2.27. The summed E-state index contributed by atoms with van der Waals surface area (Å²) >= 11 is 0. The average Bonchev–Trinajstić information content (AvgIpc) is 2.34. The second-order valence-electron chi connectivity index (χ2n) is 4.97. The van der Waals surface area contributed by atoms with Crippen molar-refractivity contribution in [2.45, 2.75) is 32.6 Å². The number of rotatable bonds is 7. The molecule has 114 valence electrons. The molecule has 0 radical (unpaired) electrons. The van der Waals surface area contributed by atoms with Gasteiger partial charge in [-0.1, -0.05) is 12.1 Å². The Morgan fingerprint density at radius 2 is 1.80 bits per heavy atom. The molecule has 1 rings (SSSR count). The summed E-state index contributed by atoms with van der Waals surface area (Å²) < 4.78 is 40.6. The van der Waals surface area contributed by atoms with Crippen LogP contribution in [0.5, 0.6) is 0 Å². The van der Waals surface area contributed by atoms with Gasteiger partial charge in [-0.3, -0.25) is 4.90 Å². The van der Waals surface area contributed by atoms with E-state index in [2.05, 4.69) is 9.64 Å². The van der Waals surface area contributed by atoms with E-state index >= 15 is 0 Å². The quantitative estimate of drug-likeness (QED) is 0.619. The smallest absolute Gasteiger partial charge is 0.399 e. The summed E-state index contributed by atoms with van der Waals surface area (Å²) in [6.07, 6.45) is -4.26. The number of anilines is 1. The number of alkyl halides is 3. The third kappa shape index (κ3) is 6.77. The molecule has 0 aromatic heterocycles. The molecule has 0 atom stereocenters. The molecule has 0 aliphatic rings. The Balaban J connectivity index is 2.43. The molecule has 1 aromatic carbocycles. The van der Waals surface area contributed by atoms with Crippen molar-refractivity contribution in [3.8, 4) is 0 Å². The minimum Gasteiger partial charge on any atom is -0.399 e. The highest BCUT2D eigenvalue weighted by Crippen LogP contribution is 2.15. The Morgan fingerprint density at radius 1 is 1.20 bits per heavy atom. The maximum atomic E-state index is 12.0. The Kier molecular flexibility index (Phi) is 6.29. The van der Waals surface area contributed by atoms with E-state index in [9.17, 15) is 13.2 Å². The van der Waals surface area contributed by atoms with Crippen LogP contribution in [0.3, 0.4) is 0 Å². The van der Waals surface area contributed by atoms with Gasteiger partial charge < -0.3 is 10.5 Å². The fourth-order valence-corrected chi connectivity index (χ4v) is 1.75. The van der Waals surface area contributed by atoms with Gasteiger partial charge in [0.1, 0.15) is 6.61 Å². The van der Waals surface area contributed by atoms with Crippen molar-refractivity contribution < 1.29 is 17.9 Å². The van der Waals surface area contributed by atoms with Crippen molar-refractivity contribution in [2.24, 2.45) is 0 Å². The van der Waals surface area contributed by atoms with Gasteiger partial charge in [0.2, 0.25) is 0 Å². The van der Waals surface area contributed by atoms with E-state index in [1.54, 1.807) is 0 Å². The third-order valence-electron chi connectivity index (χ3n) is 2.88. The number of nitrogen functional groups attached to an aromatic ring is 1. The van der Waals surface area contributed by atoms with E-state index in [4.69, 9.17) is 5.73 Å². The van der Waals surface area contributed by atoms with Gasteiger partial charge >= 0.3 is 6.18 Å². The molecule has 1 aromatic rings. The molecule has 0 spiro atoms. The molecule has 0 fully saturated rings. The number of hydrogen-bond donors (Lipinski definition) is 1. The molecule has 0 heterocycles. The largest absolute Gasteiger partial charge is 0.411 e. The van der Waals surface area contributed by atoms with Crippen LogP contribution in [0.15, 0.2) is 24.3 Å². The number of nitrogens with two attached hydrogens (primary N) is 1. The summed E-state index contributed by atoms with van der Waals surface area (Å²) in [4.78, 5) is 2.06. The molecule has 6 heteroatoms. The lowest BCUT2D eigenvalue weighted by Gasteiger charge is -2.26. The van der Waals surface area contributed by atoms with Crippen molar-refractivity contribution in [3.05, 3.63) is 29.8 Å². The predicted octanol–water partition coefficient (Wildman–Crippen LogP) is 3.06. The first kappa shape index (κ1) is 16.8. The molecule has 0 aliphatic heterocycles. The summed E-state index contributed by atoms with van der Waals surface area (Å²) in [5, 5.41) is 0. The zero-order valence-electron chi connectivity index (χ0n) is 11.8. The van der Waals surface area contributed by atoms with Crippen molar-refractivity contribution in [2.75, 3.05) is 25.5 Å². The maximum Gasteiger partial charge on any atom is 0.411 e. The molecular formula is C14H21F3N2O. The first-order chi connectivity index (χ1) is 9.28. The Morgan fingerprint density at radius 3 is 2.30 bits per heavy atom. The van der Waals surface area contributed by atoms with E-state index in [1.807, 2.05) is 38.1 Å². The Labute approximate surface area is 117 Å². The van der Waals surface area contributed by atoms with Crippen LogP contribution in [0, 0.1) is 0 Å². The van der Waals surface area contributed by atoms with Crippen molar-refractivity contribution >= 4 is 5.69 Å². The van der Waals surface area contributed by atoms with Crippen molar-refractivity contribution in [1.29, 1.82) is 0 Å². The number of halogens is 3. The zero-order valence-corrected chi connectivity index (χ0v) is 11.8. The van der Waals surface area contributed by atoms with E-state index in [0.29, 0.717) is 18.8 Å². The number of nitrogens with zero attached hydrogens (tertiary/aromatic N) is 1. The van der Waals surface area contributed by atoms with Crippen LogP contribution in [0.4, 0.5) is 18.9 Å². The Bertz CT molecular complexity index is 390. The summed E-state index contributed by atoms with van der Waals surface area (Å²) in [6.45, 7) is 3.99. The first-order valence-electron chi connectivity index (χ1n) is 6.51. The molecule has 0 bridgehead atoms. The van der Waals surface area contributed by atoms with Crippen LogP contribution in [-0.4, -0.2) is 36.9 Å². The van der Waals surface area contributed by atoms with Crippen LogP contribution < -0.4 is 5.73 Å². The topological polar surface area (TPSA) is 38.5 Å². The average molecular weight is 290 g/mol. The lowest BCUT2D eigenvalue weighted by molar-refractivity contribution is -0.174. The molecular weight excluding hydrogens is 269 g/mol. The molecule has 3 nitrogen and oxygen atoms in total. The van der Waals surface area contributed by atoms with Crippen LogP contribution in [0.1, 0.15) is 19.4 Å². The van der Waals surface area contributed by atoms with Gasteiger partial charge in [-0.05, 0) is 31.5 Å². The van der Waals surface area contributed by atoms with Gasteiger partial charge in [-0.25, -0.2) is 0 Å². The summed E-state index contributed by atoms with van der Waals surface area (Å²) in [5.74, 6) is 0. The minimum atomic E-state index is -4.26. The summed E-state index contributed by atoms with van der Waals surface area (Å²) in [7, 11) is 0. The highest BCUT2D eigenvalue weighted by atomic mass is 19.4. The fraction of sp³-hybridized carbons (Fsp3) is 0.571. The second kappa shape index (κ2) is 7.50. The normalized spacial score (nSPS) is 12.3. The van der Waals surface area contributed by atoms with E-state index in [-0.39, 0.29) is 12.6 Å². The second-order valence-corrected chi connectivity index (χ2v) is 4.97. The molecule has 0 saturated heterocycles. The molecule has 0 aliphatic carbocycles. The predicted molar refractivity (Wildman–Crippen MR) is 73.3 cm³/mol. The van der Waals surface area contributed by atoms with Gasteiger partial charge in [0.05, 0.1) is 6.61 Å². The van der Waals surface area contributed by atoms with Gasteiger partial charge in [0, 0.05) is 24.8 Å². The first-order valence-corrected chi connectivity index (χ1v) is 6.51.